The number of carbonyl (C=O) groups is 1. The third-order valence-corrected chi connectivity index (χ3v) is 4.31. The van der Waals surface area contributed by atoms with Crippen molar-refractivity contribution in [2.75, 3.05) is 5.32 Å². The van der Waals surface area contributed by atoms with E-state index in [9.17, 15) is 4.79 Å². The molecule has 0 unspecified atom stereocenters. The standard InChI is InChI=1S/C20H17N5O/c1-13-6-3-4-8-18(13)25-14(2)19(23-24-25)20(26)22-16-9-10-17-15(12-16)7-5-11-21-17/h3-12H,1-2H3,(H,22,26). The van der Waals surface area contributed by atoms with Crippen molar-refractivity contribution >= 4 is 22.5 Å². The topological polar surface area (TPSA) is 72.7 Å². The minimum atomic E-state index is -0.287. The first kappa shape index (κ1) is 16.0. The second kappa shape index (κ2) is 6.40. The molecule has 4 aromatic rings. The van der Waals surface area contributed by atoms with Crippen molar-refractivity contribution in [3.05, 3.63) is 77.7 Å². The molecule has 1 amide bonds. The highest BCUT2D eigenvalue weighted by Crippen LogP contribution is 2.19. The highest BCUT2D eigenvalue weighted by Gasteiger charge is 2.18. The Morgan fingerprint density at radius 1 is 1.04 bits per heavy atom. The van der Waals surface area contributed by atoms with Gasteiger partial charge < -0.3 is 5.32 Å². The van der Waals surface area contributed by atoms with Gasteiger partial charge in [-0.25, -0.2) is 4.68 Å². The number of carbonyl (C=O) groups excluding carboxylic acids is 1. The van der Waals surface area contributed by atoms with Crippen molar-refractivity contribution in [1.82, 2.24) is 20.0 Å². The lowest BCUT2D eigenvalue weighted by Gasteiger charge is -2.07. The van der Waals surface area contributed by atoms with Gasteiger partial charge >= 0.3 is 0 Å². The van der Waals surface area contributed by atoms with E-state index in [1.807, 2.05) is 68.4 Å². The van der Waals surface area contributed by atoms with Crippen LogP contribution in [0.3, 0.4) is 0 Å². The van der Waals surface area contributed by atoms with Gasteiger partial charge in [-0.3, -0.25) is 9.78 Å². The quantitative estimate of drug-likeness (QED) is 0.616. The molecule has 2 heterocycles. The predicted octanol–water partition coefficient (Wildman–Crippen LogP) is 3.68. The van der Waals surface area contributed by atoms with Crippen molar-refractivity contribution in [2.45, 2.75) is 13.8 Å². The number of hydrogen-bond donors (Lipinski definition) is 1. The van der Waals surface area contributed by atoms with Crippen molar-refractivity contribution < 1.29 is 4.79 Å². The molecule has 0 bridgehead atoms. The van der Waals surface area contributed by atoms with Gasteiger partial charge in [-0.05, 0) is 49.7 Å². The minimum absolute atomic E-state index is 0.287. The molecule has 26 heavy (non-hydrogen) atoms. The van der Waals surface area contributed by atoms with E-state index < -0.39 is 0 Å². The first-order valence-corrected chi connectivity index (χ1v) is 8.28. The Kier molecular flexibility index (Phi) is 3.93. The van der Waals surface area contributed by atoms with E-state index in [4.69, 9.17) is 0 Å². The van der Waals surface area contributed by atoms with Gasteiger partial charge in [0.15, 0.2) is 5.69 Å². The number of para-hydroxylation sites is 1. The molecule has 4 rings (SSSR count). The number of aryl methyl sites for hydroxylation is 1. The molecule has 6 heteroatoms. The van der Waals surface area contributed by atoms with Crippen molar-refractivity contribution in [3.8, 4) is 5.69 Å². The summed E-state index contributed by atoms with van der Waals surface area (Å²) in [6.07, 6.45) is 1.74. The Morgan fingerprint density at radius 2 is 1.88 bits per heavy atom. The molecular weight excluding hydrogens is 326 g/mol. The summed E-state index contributed by atoms with van der Waals surface area (Å²) in [5.41, 5.74) is 4.55. The second-order valence-corrected chi connectivity index (χ2v) is 6.09. The lowest BCUT2D eigenvalue weighted by atomic mass is 10.2. The first-order chi connectivity index (χ1) is 12.6. The Balaban J connectivity index is 1.63. The monoisotopic (exact) mass is 343 g/mol. The Bertz CT molecular complexity index is 1120. The van der Waals surface area contributed by atoms with E-state index in [2.05, 4.69) is 20.6 Å². The number of nitrogens with one attached hydrogen (secondary N) is 1. The predicted molar refractivity (Wildman–Crippen MR) is 101 cm³/mol. The molecule has 0 atom stereocenters. The van der Waals surface area contributed by atoms with E-state index in [1.165, 1.54) is 0 Å². The molecule has 128 valence electrons. The smallest absolute Gasteiger partial charge is 0.278 e. The molecule has 0 spiro atoms. The van der Waals surface area contributed by atoms with Crippen LogP contribution >= 0.6 is 0 Å². The van der Waals surface area contributed by atoms with E-state index in [-0.39, 0.29) is 5.91 Å². The fourth-order valence-corrected chi connectivity index (χ4v) is 2.91. The van der Waals surface area contributed by atoms with E-state index >= 15 is 0 Å². The van der Waals surface area contributed by atoms with Crippen LogP contribution in [-0.2, 0) is 0 Å². The Hall–Kier alpha value is -3.54. The molecule has 0 aliphatic rings. The summed E-state index contributed by atoms with van der Waals surface area (Å²) in [4.78, 5) is 16.9. The lowest BCUT2D eigenvalue weighted by Crippen LogP contribution is -2.14. The molecule has 0 aliphatic heterocycles. The molecule has 0 aliphatic carbocycles. The van der Waals surface area contributed by atoms with Gasteiger partial charge in [-0.15, -0.1) is 5.10 Å². The highest BCUT2D eigenvalue weighted by atomic mass is 16.2. The highest BCUT2D eigenvalue weighted by molar-refractivity contribution is 6.04. The van der Waals surface area contributed by atoms with E-state index in [0.29, 0.717) is 17.1 Å². The molecule has 1 N–H and O–H groups in total. The van der Waals surface area contributed by atoms with Crippen molar-refractivity contribution in [2.24, 2.45) is 0 Å². The summed E-state index contributed by atoms with van der Waals surface area (Å²) >= 11 is 0. The zero-order valence-corrected chi connectivity index (χ0v) is 14.5. The van der Waals surface area contributed by atoms with Gasteiger partial charge in [0.25, 0.3) is 5.91 Å². The fraction of sp³-hybridized carbons (Fsp3) is 0.100. The molecule has 0 radical (unpaired) electrons. The summed E-state index contributed by atoms with van der Waals surface area (Å²) in [5.74, 6) is -0.287. The number of benzene rings is 2. The average molecular weight is 343 g/mol. The average Bonchev–Trinajstić information content (AvgIpc) is 3.03. The van der Waals surface area contributed by atoms with Crippen LogP contribution in [0.5, 0.6) is 0 Å². The zero-order chi connectivity index (χ0) is 18.1. The van der Waals surface area contributed by atoms with Crippen LogP contribution in [0.25, 0.3) is 16.6 Å². The maximum atomic E-state index is 12.7. The molecule has 0 fully saturated rings. The summed E-state index contributed by atoms with van der Waals surface area (Å²) in [6.45, 7) is 3.84. The molecule has 2 aromatic heterocycles. The SMILES string of the molecule is Cc1ccccc1-n1nnc(C(=O)Nc2ccc3ncccc3c2)c1C. The molecule has 0 saturated heterocycles. The Labute approximate surface area is 150 Å². The number of anilines is 1. The van der Waals surface area contributed by atoms with Crippen LogP contribution in [0.2, 0.25) is 0 Å². The van der Waals surface area contributed by atoms with Gasteiger partial charge in [-0.2, -0.15) is 0 Å². The van der Waals surface area contributed by atoms with Crippen LogP contribution in [0, 0.1) is 13.8 Å². The number of pyridine rings is 1. The maximum Gasteiger partial charge on any atom is 0.278 e. The molecule has 6 nitrogen and oxygen atoms in total. The van der Waals surface area contributed by atoms with Gasteiger partial charge in [0.2, 0.25) is 0 Å². The molecular formula is C20H17N5O. The number of nitrogens with zero attached hydrogens (tertiary/aromatic N) is 4. The van der Waals surface area contributed by atoms with Crippen molar-refractivity contribution in [3.63, 3.8) is 0 Å². The minimum Gasteiger partial charge on any atom is -0.321 e. The molecule has 2 aromatic carbocycles. The lowest BCUT2D eigenvalue weighted by molar-refractivity contribution is 0.102. The van der Waals surface area contributed by atoms with Crippen molar-refractivity contribution in [1.29, 1.82) is 0 Å². The van der Waals surface area contributed by atoms with E-state index in [0.717, 1.165) is 22.2 Å². The largest absolute Gasteiger partial charge is 0.321 e. The summed E-state index contributed by atoms with van der Waals surface area (Å²) in [7, 11) is 0. The third-order valence-electron chi connectivity index (χ3n) is 4.31. The second-order valence-electron chi connectivity index (χ2n) is 6.09. The van der Waals surface area contributed by atoms with Crippen LogP contribution in [0.4, 0.5) is 5.69 Å². The maximum absolute atomic E-state index is 12.7. The number of aromatic nitrogens is 4. The fourth-order valence-electron chi connectivity index (χ4n) is 2.91. The number of fused-ring (bicyclic) bond motifs is 1. The van der Waals surface area contributed by atoms with Crippen LogP contribution < -0.4 is 5.32 Å². The van der Waals surface area contributed by atoms with Crippen LogP contribution in [-0.4, -0.2) is 25.9 Å². The van der Waals surface area contributed by atoms with Crippen LogP contribution in [0.15, 0.2) is 60.8 Å². The summed E-state index contributed by atoms with van der Waals surface area (Å²) in [5, 5.41) is 12.1. The third kappa shape index (κ3) is 2.82. The molecule has 0 saturated carbocycles. The zero-order valence-electron chi connectivity index (χ0n) is 14.5. The number of amides is 1. The number of rotatable bonds is 3. The number of hydrogen-bond acceptors (Lipinski definition) is 4. The summed E-state index contributed by atoms with van der Waals surface area (Å²) < 4.78 is 1.69. The normalized spacial score (nSPS) is 10.8. The van der Waals surface area contributed by atoms with Crippen LogP contribution in [0.1, 0.15) is 21.7 Å². The van der Waals surface area contributed by atoms with Gasteiger partial charge in [-0.1, -0.05) is 29.5 Å². The van der Waals surface area contributed by atoms with E-state index in [1.54, 1.807) is 10.9 Å². The first-order valence-electron chi connectivity index (χ1n) is 8.28. The summed E-state index contributed by atoms with van der Waals surface area (Å²) in [6, 6.07) is 17.3. The van der Waals surface area contributed by atoms with Gasteiger partial charge in [0.05, 0.1) is 16.9 Å². The van der Waals surface area contributed by atoms with Gasteiger partial charge in [0, 0.05) is 17.3 Å². The Morgan fingerprint density at radius 3 is 2.73 bits per heavy atom. The van der Waals surface area contributed by atoms with Gasteiger partial charge in [0.1, 0.15) is 0 Å².